The van der Waals surface area contributed by atoms with Crippen molar-refractivity contribution in [1.82, 2.24) is 5.32 Å². The molecule has 1 aromatic heterocycles. The van der Waals surface area contributed by atoms with Crippen LogP contribution in [-0.4, -0.2) is 11.7 Å². The number of rotatable bonds is 4. The van der Waals surface area contributed by atoms with Crippen molar-refractivity contribution in [2.75, 3.05) is 0 Å². The van der Waals surface area contributed by atoms with Gasteiger partial charge in [0.15, 0.2) is 6.17 Å². The third-order valence-electron chi connectivity index (χ3n) is 8.30. The van der Waals surface area contributed by atoms with Crippen LogP contribution in [0.5, 0.6) is 0 Å². The van der Waals surface area contributed by atoms with Crippen LogP contribution in [0.4, 0.5) is 0 Å². The maximum absolute atomic E-state index is 6.39. The van der Waals surface area contributed by atoms with E-state index in [0.29, 0.717) is 5.84 Å². The van der Waals surface area contributed by atoms with E-state index in [2.05, 4.69) is 90.2 Å². The second-order valence-electron chi connectivity index (χ2n) is 10.8. The number of aliphatic imine (C=N–C) groups is 2. The number of hydrogen-bond donors (Lipinski definition) is 2. The Kier molecular flexibility index (Phi) is 5.83. The minimum absolute atomic E-state index is 0.456. The molecule has 2 heterocycles. The van der Waals surface area contributed by atoms with Gasteiger partial charge >= 0.3 is 0 Å². The number of amidine groups is 2. The lowest BCUT2D eigenvalue weighted by Gasteiger charge is -2.25. The van der Waals surface area contributed by atoms with E-state index in [0.717, 1.165) is 55.6 Å². The molecule has 5 heteroatoms. The highest BCUT2D eigenvalue weighted by molar-refractivity contribution is 6.34. The van der Waals surface area contributed by atoms with Gasteiger partial charge in [-0.2, -0.15) is 0 Å². The summed E-state index contributed by atoms with van der Waals surface area (Å²) in [5.41, 5.74) is 10.9. The number of nitrogens with one attached hydrogen (secondary N) is 1. The van der Waals surface area contributed by atoms with Gasteiger partial charge in [0.1, 0.15) is 23.0 Å². The molecule has 0 saturated heterocycles. The van der Waals surface area contributed by atoms with Crippen LogP contribution in [-0.2, 0) is 0 Å². The number of hydrogen-bond acceptors (Lipinski definition) is 5. The standard InChI is InChI=1S/C38H28N4O/c1-23-34(30-17-9-10-18-33(30)43-23)32(22-39)38-41-36(25-12-3-2-4-13-25)40-37(42-38)31-21-26-14-6-8-16-28(26)35-27-15-7-5-11-24(27)19-20-29(31)35/h2-22,36H,39H2,1H3,(H,40,41,42)/b32-22+. The van der Waals surface area contributed by atoms with E-state index in [9.17, 15) is 0 Å². The highest BCUT2D eigenvalue weighted by Crippen LogP contribution is 2.37. The average molecular weight is 557 g/mol. The lowest BCUT2D eigenvalue weighted by atomic mass is 9.92. The Bertz CT molecular complexity index is 2280. The molecule has 0 spiro atoms. The van der Waals surface area contributed by atoms with Crippen LogP contribution in [0.25, 0.3) is 48.9 Å². The summed E-state index contributed by atoms with van der Waals surface area (Å²) in [4.78, 5) is 10.3. The lowest BCUT2D eigenvalue weighted by Crippen LogP contribution is -2.36. The Morgan fingerprint density at radius 2 is 1.40 bits per heavy atom. The molecule has 1 aliphatic heterocycles. The molecule has 8 rings (SSSR count). The number of para-hydroxylation sites is 1. The molecule has 43 heavy (non-hydrogen) atoms. The first kappa shape index (κ1) is 25.1. The van der Waals surface area contributed by atoms with Crippen molar-refractivity contribution >= 4 is 60.5 Å². The largest absolute Gasteiger partial charge is 0.461 e. The Morgan fingerprint density at radius 3 is 2.19 bits per heavy atom. The van der Waals surface area contributed by atoms with Crippen LogP contribution in [0, 0.1) is 6.92 Å². The molecular weight excluding hydrogens is 528 g/mol. The maximum Gasteiger partial charge on any atom is 0.169 e. The predicted octanol–water partition coefficient (Wildman–Crippen LogP) is 8.65. The van der Waals surface area contributed by atoms with Crippen LogP contribution in [0.2, 0.25) is 0 Å². The molecule has 3 N–H and O–H groups in total. The smallest absolute Gasteiger partial charge is 0.169 e. The number of aryl methyl sites for hydroxylation is 1. The van der Waals surface area contributed by atoms with Crippen LogP contribution >= 0.6 is 0 Å². The second-order valence-corrected chi connectivity index (χ2v) is 10.8. The zero-order valence-electron chi connectivity index (χ0n) is 23.6. The van der Waals surface area contributed by atoms with E-state index in [1.807, 2.05) is 43.3 Å². The summed E-state index contributed by atoms with van der Waals surface area (Å²) in [5.74, 6) is 2.18. The summed E-state index contributed by atoms with van der Waals surface area (Å²) >= 11 is 0. The number of nitrogens with zero attached hydrogens (tertiary/aromatic N) is 2. The fourth-order valence-corrected chi connectivity index (χ4v) is 6.35. The molecular formula is C38H28N4O. The molecule has 5 nitrogen and oxygen atoms in total. The van der Waals surface area contributed by atoms with Gasteiger partial charge in [0.25, 0.3) is 0 Å². The Labute approximate surface area is 248 Å². The van der Waals surface area contributed by atoms with Gasteiger partial charge in [-0.15, -0.1) is 0 Å². The van der Waals surface area contributed by atoms with E-state index < -0.39 is 6.17 Å². The Hall–Kier alpha value is -5.68. The minimum Gasteiger partial charge on any atom is -0.461 e. The molecule has 6 aromatic carbocycles. The van der Waals surface area contributed by atoms with Crippen molar-refractivity contribution in [3.05, 3.63) is 150 Å². The minimum atomic E-state index is -0.456. The molecule has 0 bridgehead atoms. The van der Waals surface area contributed by atoms with Crippen molar-refractivity contribution in [1.29, 1.82) is 0 Å². The van der Waals surface area contributed by atoms with E-state index in [1.165, 1.54) is 21.5 Å². The van der Waals surface area contributed by atoms with Crippen molar-refractivity contribution in [2.24, 2.45) is 15.7 Å². The summed E-state index contributed by atoms with van der Waals surface area (Å²) in [5, 5.41) is 11.7. The Balaban J connectivity index is 1.37. The third kappa shape index (κ3) is 4.09. The van der Waals surface area contributed by atoms with Gasteiger partial charge in [-0.05, 0) is 56.9 Å². The number of fused-ring (bicyclic) bond motifs is 6. The quantitative estimate of drug-likeness (QED) is 0.213. The van der Waals surface area contributed by atoms with Crippen molar-refractivity contribution in [2.45, 2.75) is 13.1 Å². The first-order chi connectivity index (χ1) is 21.2. The molecule has 0 fully saturated rings. The van der Waals surface area contributed by atoms with E-state index in [4.69, 9.17) is 20.1 Å². The first-order valence-electron chi connectivity index (χ1n) is 14.4. The lowest BCUT2D eigenvalue weighted by molar-refractivity contribution is 0.577. The van der Waals surface area contributed by atoms with Gasteiger partial charge in [0.2, 0.25) is 0 Å². The van der Waals surface area contributed by atoms with E-state index in [1.54, 1.807) is 6.20 Å². The van der Waals surface area contributed by atoms with Gasteiger partial charge in [0, 0.05) is 28.3 Å². The van der Waals surface area contributed by atoms with Crippen LogP contribution in [0.1, 0.15) is 28.6 Å². The summed E-state index contributed by atoms with van der Waals surface area (Å²) in [6.07, 6.45) is 1.16. The van der Waals surface area contributed by atoms with Gasteiger partial charge in [0.05, 0.1) is 0 Å². The fourth-order valence-electron chi connectivity index (χ4n) is 6.35. The fraction of sp³-hybridized carbons (Fsp3) is 0.0526. The number of nitrogens with two attached hydrogens (primary N) is 1. The molecule has 1 aliphatic rings. The summed E-state index contributed by atoms with van der Waals surface area (Å²) in [6, 6.07) is 41.9. The van der Waals surface area contributed by atoms with Crippen LogP contribution in [0.15, 0.2) is 142 Å². The topological polar surface area (TPSA) is 75.9 Å². The summed E-state index contributed by atoms with van der Waals surface area (Å²) in [6.45, 7) is 1.97. The summed E-state index contributed by atoms with van der Waals surface area (Å²) in [7, 11) is 0. The number of furan rings is 1. The maximum atomic E-state index is 6.39. The highest BCUT2D eigenvalue weighted by Gasteiger charge is 2.27. The second kappa shape index (κ2) is 10.00. The zero-order chi connectivity index (χ0) is 28.9. The molecule has 0 amide bonds. The number of benzene rings is 6. The molecule has 1 atom stereocenters. The normalized spacial score (nSPS) is 15.6. The average Bonchev–Trinajstić information content (AvgIpc) is 3.40. The van der Waals surface area contributed by atoms with Gasteiger partial charge in [-0.1, -0.05) is 109 Å². The molecule has 0 saturated carbocycles. The van der Waals surface area contributed by atoms with E-state index >= 15 is 0 Å². The van der Waals surface area contributed by atoms with Gasteiger partial charge < -0.3 is 15.5 Å². The predicted molar refractivity (Wildman–Crippen MR) is 178 cm³/mol. The van der Waals surface area contributed by atoms with Crippen molar-refractivity contribution < 1.29 is 4.42 Å². The van der Waals surface area contributed by atoms with Crippen molar-refractivity contribution in [3.63, 3.8) is 0 Å². The molecule has 7 aromatic rings. The molecule has 0 aliphatic carbocycles. The molecule has 1 unspecified atom stereocenters. The van der Waals surface area contributed by atoms with Gasteiger partial charge in [-0.25, -0.2) is 9.98 Å². The first-order valence-corrected chi connectivity index (χ1v) is 14.4. The van der Waals surface area contributed by atoms with E-state index in [-0.39, 0.29) is 0 Å². The van der Waals surface area contributed by atoms with Crippen molar-refractivity contribution in [3.8, 4) is 0 Å². The van der Waals surface area contributed by atoms with Gasteiger partial charge in [-0.3, -0.25) is 0 Å². The van der Waals surface area contributed by atoms with Crippen LogP contribution < -0.4 is 11.1 Å². The summed E-state index contributed by atoms with van der Waals surface area (Å²) < 4.78 is 6.13. The molecule has 0 radical (unpaired) electrons. The monoisotopic (exact) mass is 556 g/mol. The Morgan fingerprint density at radius 1 is 0.721 bits per heavy atom. The zero-order valence-corrected chi connectivity index (χ0v) is 23.6. The SMILES string of the molecule is Cc1oc2ccccc2c1/C(=C\N)C1=NC(c2ccccc2)N=C(c2cc3ccccc3c3c2ccc2ccccc23)N1. The molecule has 206 valence electrons. The van der Waals surface area contributed by atoms with Crippen LogP contribution in [0.3, 0.4) is 0 Å². The third-order valence-corrected chi connectivity index (χ3v) is 8.30. The highest BCUT2D eigenvalue weighted by atomic mass is 16.3.